The summed E-state index contributed by atoms with van der Waals surface area (Å²) in [5, 5.41) is 9.71. The number of benzene rings is 3. The normalized spacial score (nSPS) is 11.8. The van der Waals surface area contributed by atoms with Gasteiger partial charge in [0.25, 0.3) is 0 Å². The standard InChI is InChI=1S/C30H35N3O2/c1-19(2)16-33(17-20(3)4)18-24-8-6-7-9-26(24)23-12-10-22(11-13-23)25-14-27(30(34)35)29-28(15-25)31-21(5)32-29/h6-15,19-20H,16-18H2,1-5H3,(H,31,32)(H,34,35). The van der Waals surface area contributed by atoms with Gasteiger partial charge in [0.05, 0.1) is 11.1 Å². The SMILES string of the molecule is Cc1nc2c(C(=O)O)cc(-c3ccc(-c4ccccc4CN(CC(C)C)CC(C)C)cc3)cc2[nH]1. The van der Waals surface area contributed by atoms with Crippen molar-refractivity contribution < 1.29 is 9.90 Å². The van der Waals surface area contributed by atoms with Gasteiger partial charge < -0.3 is 10.1 Å². The minimum Gasteiger partial charge on any atom is -0.478 e. The van der Waals surface area contributed by atoms with E-state index in [0.29, 0.717) is 23.2 Å². The van der Waals surface area contributed by atoms with Gasteiger partial charge in [0.1, 0.15) is 11.3 Å². The van der Waals surface area contributed by atoms with Gasteiger partial charge in [-0.3, -0.25) is 4.90 Å². The van der Waals surface area contributed by atoms with Crippen LogP contribution < -0.4 is 0 Å². The third-order valence-corrected chi connectivity index (χ3v) is 6.12. The molecule has 0 bridgehead atoms. The first kappa shape index (κ1) is 24.7. The molecule has 0 amide bonds. The summed E-state index contributed by atoms with van der Waals surface area (Å²) in [6.45, 7) is 14.0. The maximum atomic E-state index is 11.8. The molecule has 0 atom stereocenters. The van der Waals surface area contributed by atoms with E-state index in [4.69, 9.17) is 0 Å². The maximum absolute atomic E-state index is 11.8. The Labute approximate surface area is 207 Å². The topological polar surface area (TPSA) is 69.2 Å². The van der Waals surface area contributed by atoms with Crippen molar-refractivity contribution in [1.82, 2.24) is 14.9 Å². The average Bonchev–Trinajstić information content (AvgIpc) is 3.18. The number of nitrogens with zero attached hydrogens (tertiary/aromatic N) is 2. The number of rotatable bonds is 9. The lowest BCUT2D eigenvalue weighted by molar-refractivity contribution is 0.0699. The first-order chi connectivity index (χ1) is 16.7. The van der Waals surface area contributed by atoms with Crippen LogP contribution in [0.15, 0.2) is 60.7 Å². The van der Waals surface area contributed by atoms with Crippen molar-refractivity contribution >= 4 is 17.0 Å². The molecule has 0 saturated heterocycles. The maximum Gasteiger partial charge on any atom is 0.337 e. The second-order valence-electron chi connectivity index (χ2n) is 10.3. The smallest absolute Gasteiger partial charge is 0.337 e. The van der Waals surface area contributed by atoms with Crippen LogP contribution in [-0.4, -0.2) is 39.0 Å². The lowest BCUT2D eigenvalue weighted by Gasteiger charge is -2.27. The van der Waals surface area contributed by atoms with Crippen LogP contribution in [0.2, 0.25) is 0 Å². The molecule has 0 aliphatic carbocycles. The molecule has 35 heavy (non-hydrogen) atoms. The molecule has 4 rings (SSSR count). The number of carboxylic acid groups (broad SMARTS) is 1. The van der Waals surface area contributed by atoms with Crippen molar-refractivity contribution in [1.29, 1.82) is 0 Å². The van der Waals surface area contributed by atoms with Crippen LogP contribution in [0, 0.1) is 18.8 Å². The third-order valence-electron chi connectivity index (χ3n) is 6.12. The van der Waals surface area contributed by atoms with Gasteiger partial charge in [-0.25, -0.2) is 9.78 Å². The summed E-state index contributed by atoms with van der Waals surface area (Å²) >= 11 is 0. The highest BCUT2D eigenvalue weighted by Gasteiger charge is 2.16. The van der Waals surface area contributed by atoms with Crippen molar-refractivity contribution in [2.45, 2.75) is 41.2 Å². The predicted molar refractivity (Wildman–Crippen MR) is 144 cm³/mol. The quantitative estimate of drug-likeness (QED) is 0.276. The number of carbonyl (C=O) groups is 1. The van der Waals surface area contributed by atoms with Gasteiger partial charge in [0.15, 0.2) is 0 Å². The van der Waals surface area contributed by atoms with E-state index >= 15 is 0 Å². The number of H-pyrrole nitrogens is 1. The molecular formula is C30H35N3O2. The van der Waals surface area contributed by atoms with Gasteiger partial charge in [0.2, 0.25) is 0 Å². The molecule has 0 saturated carbocycles. The Bertz CT molecular complexity index is 1310. The van der Waals surface area contributed by atoms with Gasteiger partial charge in [-0.1, -0.05) is 76.2 Å². The fraction of sp³-hybridized carbons (Fsp3) is 0.333. The predicted octanol–water partition coefficient (Wildman–Crippen LogP) is 7.02. The number of aromatic nitrogens is 2. The highest BCUT2D eigenvalue weighted by Crippen LogP contribution is 2.31. The van der Waals surface area contributed by atoms with Crippen LogP contribution in [0.1, 0.15) is 49.4 Å². The van der Waals surface area contributed by atoms with Crippen LogP contribution in [0.4, 0.5) is 0 Å². The van der Waals surface area contributed by atoms with E-state index in [0.717, 1.165) is 41.8 Å². The van der Waals surface area contributed by atoms with Crippen LogP contribution in [-0.2, 0) is 6.54 Å². The van der Waals surface area contributed by atoms with Gasteiger partial charge in [0, 0.05) is 19.6 Å². The fourth-order valence-electron chi connectivity index (χ4n) is 4.83. The Morgan fingerprint density at radius 1 is 0.914 bits per heavy atom. The van der Waals surface area contributed by atoms with Crippen molar-refractivity contribution in [3.05, 3.63) is 77.6 Å². The Balaban J connectivity index is 1.66. The molecule has 1 aromatic heterocycles. The van der Waals surface area contributed by atoms with Gasteiger partial charge >= 0.3 is 5.97 Å². The molecule has 0 fully saturated rings. The lowest BCUT2D eigenvalue weighted by Crippen LogP contribution is -2.31. The number of aromatic carboxylic acids is 1. The number of carboxylic acids is 1. The lowest BCUT2D eigenvalue weighted by atomic mass is 9.95. The number of hydrogen-bond acceptors (Lipinski definition) is 3. The summed E-state index contributed by atoms with van der Waals surface area (Å²) in [5.41, 5.74) is 7.01. The van der Waals surface area contributed by atoms with E-state index in [2.05, 4.69) is 91.1 Å². The number of fused-ring (bicyclic) bond motifs is 1. The highest BCUT2D eigenvalue weighted by molar-refractivity contribution is 6.03. The van der Waals surface area contributed by atoms with E-state index in [1.165, 1.54) is 11.1 Å². The van der Waals surface area contributed by atoms with Gasteiger partial charge in [-0.2, -0.15) is 0 Å². The summed E-state index contributed by atoms with van der Waals surface area (Å²) < 4.78 is 0. The average molecular weight is 470 g/mol. The summed E-state index contributed by atoms with van der Waals surface area (Å²) in [5.74, 6) is 0.968. The molecule has 0 aliphatic heterocycles. The first-order valence-corrected chi connectivity index (χ1v) is 12.4. The molecule has 0 aliphatic rings. The minimum atomic E-state index is -0.971. The number of aromatic amines is 1. The molecule has 0 radical (unpaired) electrons. The van der Waals surface area contributed by atoms with E-state index in [-0.39, 0.29) is 5.56 Å². The third kappa shape index (κ3) is 5.80. The molecular weight excluding hydrogens is 434 g/mol. The first-order valence-electron chi connectivity index (χ1n) is 12.4. The monoisotopic (exact) mass is 469 g/mol. The van der Waals surface area contributed by atoms with Crippen molar-refractivity contribution in [2.24, 2.45) is 11.8 Å². The summed E-state index contributed by atoms with van der Waals surface area (Å²) in [6, 6.07) is 20.7. The van der Waals surface area contributed by atoms with E-state index in [1.54, 1.807) is 6.07 Å². The van der Waals surface area contributed by atoms with Crippen LogP contribution in [0.5, 0.6) is 0 Å². The number of nitrogens with one attached hydrogen (secondary N) is 1. The van der Waals surface area contributed by atoms with Crippen molar-refractivity contribution in [3.8, 4) is 22.3 Å². The number of hydrogen-bond donors (Lipinski definition) is 2. The number of imidazole rings is 1. The van der Waals surface area contributed by atoms with Crippen LogP contribution >= 0.6 is 0 Å². The van der Waals surface area contributed by atoms with Crippen molar-refractivity contribution in [2.75, 3.05) is 13.1 Å². The molecule has 5 nitrogen and oxygen atoms in total. The second-order valence-corrected chi connectivity index (χ2v) is 10.3. The van der Waals surface area contributed by atoms with E-state index in [9.17, 15) is 9.90 Å². The largest absolute Gasteiger partial charge is 0.478 e. The molecule has 5 heteroatoms. The van der Waals surface area contributed by atoms with Gasteiger partial charge in [-0.15, -0.1) is 0 Å². The Morgan fingerprint density at radius 3 is 2.17 bits per heavy atom. The Hall–Kier alpha value is -3.44. The summed E-state index contributed by atoms with van der Waals surface area (Å²) in [4.78, 5) is 21.9. The zero-order chi connectivity index (χ0) is 25.1. The molecule has 1 heterocycles. The molecule has 2 N–H and O–H groups in total. The summed E-state index contributed by atoms with van der Waals surface area (Å²) in [6.07, 6.45) is 0. The summed E-state index contributed by atoms with van der Waals surface area (Å²) in [7, 11) is 0. The van der Waals surface area contributed by atoms with Crippen LogP contribution in [0.25, 0.3) is 33.3 Å². The van der Waals surface area contributed by atoms with Gasteiger partial charge in [-0.05, 0) is 58.7 Å². The molecule has 3 aromatic carbocycles. The Kier molecular flexibility index (Phi) is 7.37. The zero-order valence-electron chi connectivity index (χ0n) is 21.3. The van der Waals surface area contributed by atoms with E-state index in [1.807, 2.05) is 13.0 Å². The fourth-order valence-corrected chi connectivity index (χ4v) is 4.83. The zero-order valence-corrected chi connectivity index (χ0v) is 21.3. The van der Waals surface area contributed by atoms with Crippen molar-refractivity contribution in [3.63, 3.8) is 0 Å². The minimum absolute atomic E-state index is 0.215. The van der Waals surface area contributed by atoms with Crippen LogP contribution in [0.3, 0.4) is 0 Å². The number of aryl methyl sites for hydroxylation is 1. The van der Waals surface area contributed by atoms with E-state index < -0.39 is 5.97 Å². The molecule has 4 aromatic rings. The molecule has 182 valence electrons. The second kappa shape index (κ2) is 10.4. The molecule has 0 unspecified atom stereocenters. The highest BCUT2D eigenvalue weighted by atomic mass is 16.4. The molecule has 0 spiro atoms. The Morgan fingerprint density at radius 2 is 1.54 bits per heavy atom.